The highest BCUT2D eigenvalue weighted by Crippen LogP contribution is 2.49. The highest BCUT2D eigenvalue weighted by atomic mass is 19.1. The zero-order chi connectivity index (χ0) is 24.0. The molecule has 2 N–H and O–H groups in total. The summed E-state index contributed by atoms with van der Waals surface area (Å²) in [4.78, 5) is 12.8. The Kier molecular flexibility index (Phi) is 5.56. The lowest BCUT2D eigenvalue weighted by Gasteiger charge is -2.56. The average Bonchev–Trinajstić information content (AvgIpc) is 3.23. The van der Waals surface area contributed by atoms with E-state index in [0.29, 0.717) is 6.54 Å². The molecule has 6 nitrogen and oxygen atoms in total. The number of aromatic nitrogens is 2. The van der Waals surface area contributed by atoms with Crippen LogP contribution in [0.4, 0.5) is 4.39 Å². The number of benzene rings is 2. The number of pyridine rings is 1. The molecule has 35 heavy (non-hydrogen) atoms. The van der Waals surface area contributed by atoms with E-state index >= 15 is 0 Å². The summed E-state index contributed by atoms with van der Waals surface area (Å²) in [5.74, 6) is 0.561. The Morgan fingerprint density at radius 3 is 2.71 bits per heavy atom. The summed E-state index contributed by atoms with van der Waals surface area (Å²) in [5.41, 5.74) is 5.24. The molecule has 0 bridgehead atoms. The first-order chi connectivity index (χ1) is 17.1. The fourth-order valence-electron chi connectivity index (χ4n) is 6.05. The van der Waals surface area contributed by atoms with Crippen LogP contribution in [-0.2, 0) is 18.5 Å². The number of hydrogen-bond donors (Lipinski definition) is 2. The van der Waals surface area contributed by atoms with E-state index < -0.39 is 0 Å². The number of ether oxygens (including phenoxy) is 1. The van der Waals surface area contributed by atoms with E-state index in [9.17, 15) is 9.50 Å². The van der Waals surface area contributed by atoms with Gasteiger partial charge in [0.05, 0.1) is 25.5 Å². The number of nitrogens with zero attached hydrogens (tertiary/aromatic N) is 3. The van der Waals surface area contributed by atoms with E-state index in [-0.39, 0.29) is 23.9 Å². The lowest BCUT2D eigenvalue weighted by atomic mass is 9.68. The van der Waals surface area contributed by atoms with Crippen LogP contribution >= 0.6 is 0 Å². The van der Waals surface area contributed by atoms with Crippen molar-refractivity contribution in [2.75, 3.05) is 33.4 Å². The number of likely N-dealkylation sites (tertiary alicyclic amines) is 1. The second-order valence-corrected chi connectivity index (χ2v) is 9.81. The van der Waals surface area contributed by atoms with Gasteiger partial charge in [-0.05, 0) is 47.5 Å². The number of aliphatic hydroxyl groups excluding tert-OH is 1. The summed E-state index contributed by atoms with van der Waals surface area (Å²) in [7, 11) is 1.67. The number of hydrogen-bond acceptors (Lipinski definition) is 5. The number of aromatic amines is 1. The number of aliphatic hydroxyl groups is 1. The van der Waals surface area contributed by atoms with Gasteiger partial charge in [0, 0.05) is 67.0 Å². The maximum Gasteiger partial charge on any atom is 0.123 e. The van der Waals surface area contributed by atoms with E-state index in [2.05, 4.69) is 31.9 Å². The van der Waals surface area contributed by atoms with Crippen LogP contribution in [0, 0.1) is 5.82 Å². The lowest BCUT2D eigenvalue weighted by Crippen LogP contribution is -2.65. The van der Waals surface area contributed by atoms with Crippen LogP contribution < -0.4 is 4.74 Å². The summed E-state index contributed by atoms with van der Waals surface area (Å²) in [5, 5.41) is 11.7. The number of fused-ring (bicyclic) bond motifs is 4. The fourth-order valence-corrected chi connectivity index (χ4v) is 6.05. The minimum Gasteiger partial charge on any atom is -0.497 e. The molecule has 1 saturated heterocycles. The molecule has 2 aromatic carbocycles. The van der Waals surface area contributed by atoms with Crippen molar-refractivity contribution in [3.8, 4) is 5.75 Å². The summed E-state index contributed by atoms with van der Waals surface area (Å²) in [6.07, 6.45) is 1.84. The topological polar surface area (TPSA) is 64.6 Å². The third-order valence-electron chi connectivity index (χ3n) is 7.46. The van der Waals surface area contributed by atoms with Crippen LogP contribution in [0.2, 0.25) is 0 Å². The Balaban J connectivity index is 1.39. The van der Waals surface area contributed by atoms with E-state index in [1.54, 1.807) is 19.2 Å². The molecule has 0 aliphatic carbocycles. The van der Waals surface area contributed by atoms with E-state index in [1.165, 1.54) is 17.0 Å². The predicted octanol–water partition coefficient (Wildman–Crippen LogP) is 4.01. The van der Waals surface area contributed by atoms with Gasteiger partial charge in [-0.1, -0.05) is 18.2 Å². The molecule has 0 saturated carbocycles. The van der Waals surface area contributed by atoms with Crippen molar-refractivity contribution in [2.24, 2.45) is 0 Å². The van der Waals surface area contributed by atoms with Crippen molar-refractivity contribution in [2.45, 2.75) is 24.5 Å². The first-order valence-corrected chi connectivity index (χ1v) is 12.0. The van der Waals surface area contributed by atoms with Crippen molar-refractivity contribution in [1.29, 1.82) is 0 Å². The van der Waals surface area contributed by atoms with Crippen LogP contribution in [0.3, 0.4) is 0 Å². The second-order valence-electron chi connectivity index (χ2n) is 9.81. The largest absolute Gasteiger partial charge is 0.497 e. The van der Waals surface area contributed by atoms with Gasteiger partial charge in [0.25, 0.3) is 0 Å². The fraction of sp³-hybridized carbons (Fsp3) is 0.321. The molecule has 2 aliphatic heterocycles. The molecule has 4 aromatic rings. The van der Waals surface area contributed by atoms with Gasteiger partial charge in [-0.25, -0.2) is 4.39 Å². The Morgan fingerprint density at radius 2 is 1.97 bits per heavy atom. The van der Waals surface area contributed by atoms with Crippen LogP contribution in [0.1, 0.15) is 28.6 Å². The molecule has 2 aliphatic rings. The Hall–Kier alpha value is -3.26. The minimum absolute atomic E-state index is 0.0139. The standard InChI is InChI=1S/C28H29FN4O2/c1-35-22-8-9-23-24(12-22)31-27-25(15-34)33(13-19-5-4-6-20(29)11-19)18-28(26(23)27)16-32(17-28)14-21-7-2-3-10-30-21/h2-12,25,31,34H,13-18H2,1H3. The highest BCUT2D eigenvalue weighted by Gasteiger charge is 2.52. The molecule has 0 radical (unpaired) electrons. The number of methoxy groups -OCH3 is 1. The number of H-pyrrole nitrogens is 1. The molecule has 4 heterocycles. The predicted molar refractivity (Wildman–Crippen MR) is 133 cm³/mol. The van der Waals surface area contributed by atoms with Crippen LogP contribution in [0.15, 0.2) is 66.9 Å². The zero-order valence-corrected chi connectivity index (χ0v) is 19.7. The third-order valence-corrected chi connectivity index (χ3v) is 7.46. The maximum atomic E-state index is 13.9. The molecule has 7 heteroatoms. The van der Waals surface area contributed by atoms with Gasteiger partial charge in [0.2, 0.25) is 0 Å². The van der Waals surface area contributed by atoms with Gasteiger partial charge in [0.1, 0.15) is 11.6 Å². The monoisotopic (exact) mass is 472 g/mol. The Morgan fingerprint density at radius 1 is 1.09 bits per heavy atom. The maximum absolute atomic E-state index is 13.9. The first kappa shape index (κ1) is 22.2. The molecule has 180 valence electrons. The molecule has 6 rings (SSSR count). The second kappa shape index (κ2) is 8.75. The van der Waals surface area contributed by atoms with Gasteiger partial charge in [-0.15, -0.1) is 0 Å². The summed E-state index contributed by atoms with van der Waals surface area (Å²) in [6.45, 7) is 3.95. The van der Waals surface area contributed by atoms with Gasteiger partial charge < -0.3 is 14.8 Å². The van der Waals surface area contributed by atoms with Gasteiger partial charge in [0.15, 0.2) is 0 Å². The van der Waals surface area contributed by atoms with Crippen molar-refractivity contribution < 1.29 is 14.2 Å². The first-order valence-electron chi connectivity index (χ1n) is 12.0. The van der Waals surface area contributed by atoms with Gasteiger partial charge in [-0.2, -0.15) is 0 Å². The van der Waals surface area contributed by atoms with Gasteiger partial charge >= 0.3 is 0 Å². The molecule has 2 aromatic heterocycles. The zero-order valence-electron chi connectivity index (χ0n) is 19.7. The molecular formula is C28H29FN4O2. The van der Waals surface area contributed by atoms with Crippen molar-refractivity contribution in [3.05, 3.63) is 95.2 Å². The molecule has 1 unspecified atom stereocenters. The van der Waals surface area contributed by atoms with Crippen LogP contribution in [0.25, 0.3) is 10.9 Å². The van der Waals surface area contributed by atoms with Crippen LogP contribution in [-0.4, -0.2) is 58.2 Å². The Bertz CT molecular complexity index is 1350. The highest BCUT2D eigenvalue weighted by molar-refractivity contribution is 5.88. The number of halogens is 1. The molecule has 1 spiro atoms. The minimum atomic E-state index is -0.238. The normalized spacial score (nSPS) is 19.6. The molecule has 1 fully saturated rings. The summed E-state index contributed by atoms with van der Waals surface area (Å²) >= 11 is 0. The van der Waals surface area contributed by atoms with E-state index in [4.69, 9.17) is 4.74 Å². The number of nitrogens with one attached hydrogen (secondary N) is 1. The van der Waals surface area contributed by atoms with Crippen molar-refractivity contribution >= 4 is 10.9 Å². The van der Waals surface area contributed by atoms with Gasteiger partial charge in [-0.3, -0.25) is 14.8 Å². The smallest absolute Gasteiger partial charge is 0.123 e. The third kappa shape index (κ3) is 3.89. The number of rotatable bonds is 6. The molecule has 1 atom stereocenters. The van der Waals surface area contributed by atoms with Crippen molar-refractivity contribution in [3.63, 3.8) is 0 Å². The van der Waals surface area contributed by atoms with E-state index in [0.717, 1.165) is 54.4 Å². The SMILES string of the molecule is COc1ccc2c3c([nH]c2c1)C(CO)N(Cc1cccc(F)c1)CC31CN(Cc2ccccn2)C1. The summed E-state index contributed by atoms with van der Waals surface area (Å²) in [6, 6.07) is 18.7. The summed E-state index contributed by atoms with van der Waals surface area (Å²) < 4.78 is 19.4. The van der Waals surface area contributed by atoms with E-state index in [1.807, 2.05) is 36.5 Å². The molecular weight excluding hydrogens is 443 g/mol. The van der Waals surface area contributed by atoms with Crippen LogP contribution in [0.5, 0.6) is 5.75 Å². The average molecular weight is 473 g/mol. The molecule has 0 amide bonds. The lowest BCUT2D eigenvalue weighted by molar-refractivity contribution is -0.0124. The Labute approximate surface area is 204 Å². The van der Waals surface area contributed by atoms with Crippen molar-refractivity contribution in [1.82, 2.24) is 19.8 Å². The quantitative estimate of drug-likeness (QED) is 0.444.